The number of hydrogen-bond acceptors (Lipinski definition) is 6. The molecule has 47 heavy (non-hydrogen) atoms. The lowest BCUT2D eigenvalue weighted by Crippen LogP contribution is -2.66. The van der Waals surface area contributed by atoms with Crippen LogP contribution in [0, 0.1) is 28.6 Å². The molecule has 3 unspecified atom stereocenters. The Balaban J connectivity index is 1.14. The van der Waals surface area contributed by atoms with E-state index in [4.69, 9.17) is 9.29 Å². The molecule has 4 saturated carbocycles. The van der Waals surface area contributed by atoms with Gasteiger partial charge in [0.05, 0.1) is 17.9 Å². The molecular formula is C33H32F6O7S. The highest BCUT2D eigenvalue weighted by Crippen LogP contribution is 2.66. The predicted molar refractivity (Wildman–Crippen MR) is 153 cm³/mol. The van der Waals surface area contributed by atoms with Crippen LogP contribution in [0.1, 0.15) is 79.0 Å². The smallest absolute Gasteiger partial charge is 0.438 e. The fraction of sp³-hybridized carbons (Fsp3) is 0.576. The SMILES string of the molecule is O=C(OCC12CC3CC(C1)CC(C(=O)OC(CS(=O)(=O)O)(C(F)(F)F)C(F)(F)F)(C3)C2)C1CC2c3ccccc3C1c1ccccc12. The summed E-state index contributed by atoms with van der Waals surface area (Å²) in [6.07, 6.45) is -10.9. The van der Waals surface area contributed by atoms with Crippen LogP contribution in [0.3, 0.4) is 0 Å². The van der Waals surface area contributed by atoms with Crippen LogP contribution in [0.25, 0.3) is 0 Å². The third-order valence-corrected chi connectivity index (χ3v) is 12.1. The summed E-state index contributed by atoms with van der Waals surface area (Å²) < 4.78 is 126. The first-order valence-corrected chi connectivity index (χ1v) is 17.1. The second-order valence-corrected chi connectivity index (χ2v) is 15.9. The molecule has 0 spiro atoms. The van der Waals surface area contributed by atoms with Crippen LogP contribution >= 0.6 is 0 Å². The van der Waals surface area contributed by atoms with Crippen molar-refractivity contribution in [2.45, 2.75) is 74.7 Å². The standard InChI is InChI=1S/C33H32F6O7S/c34-32(35,36)31(33(37,38)39,17-47(42,43)44)46-28(41)30-13-18-9-19(14-30)12-29(11-18,15-30)16-45-27(40)25-10-24-20-5-1-3-7-22(20)26(25)23-8-4-2-6-21(23)24/h1-8,18-19,24-26H,9-17H2,(H,42,43,44). The van der Waals surface area contributed by atoms with Gasteiger partial charge in [0.2, 0.25) is 0 Å². The van der Waals surface area contributed by atoms with Crippen molar-refractivity contribution in [2.24, 2.45) is 28.6 Å². The van der Waals surface area contributed by atoms with E-state index in [-0.39, 0.29) is 49.5 Å². The Morgan fingerprint density at radius 2 is 1.32 bits per heavy atom. The Kier molecular flexibility index (Phi) is 7.20. The van der Waals surface area contributed by atoms with Gasteiger partial charge in [0.25, 0.3) is 10.1 Å². The number of carbonyl (C=O) groups excluding carboxylic acids is 2. The molecule has 0 amide bonds. The van der Waals surface area contributed by atoms with Crippen LogP contribution in [-0.4, -0.2) is 55.2 Å². The molecule has 4 fully saturated rings. The molecule has 0 saturated heterocycles. The molecule has 0 aromatic heterocycles. The molecule has 14 heteroatoms. The van der Waals surface area contributed by atoms with Crippen LogP contribution < -0.4 is 0 Å². The first kappa shape index (κ1) is 32.4. The highest BCUT2D eigenvalue weighted by atomic mass is 32.2. The van der Waals surface area contributed by atoms with Gasteiger partial charge in [0, 0.05) is 17.3 Å². The minimum atomic E-state index is -6.40. The summed E-state index contributed by atoms with van der Waals surface area (Å²) >= 11 is 0. The maximum absolute atomic E-state index is 14.0. The Morgan fingerprint density at radius 3 is 1.81 bits per heavy atom. The van der Waals surface area contributed by atoms with Crippen molar-refractivity contribution in [3.63, 3.8) is 0 Å². The zero-order chi connectivity index (χ0) is 33.8. The van der Waals surface area contributed by atoms with Crippen molar-refractivity contribution in [1.82, 2.24) is 0 Å². The summed E-state index contributed by atoms with van der Waals surface area (Å²) in [4.78, 5) is 27.3. The van der Waals surface area contributed by atoms with Gasteiger partial charge >= 0.3 is 29.9 Å². The average Bonchev–Trinajstić information content (AvgIpc) is 2.97. The fourth-order valence-electron chi connectivity index (χ4n) is 10.1. The van der Waals surface area contributed by atoms with Crippen molar-refractivity contribution >= 4 is 22.1 Å². The van der Waals surface area contributed by atoms with E-state index in [0.29, 0.717) is 25.7 Å². The van der Waals surface area contributed by atoms with E-state index in [2.05, 4.69) is 16.9 Å². The molecule has 2 aromatic rings. The predicted octanol–water partition coefficient (Wildman–Crippen LogP) is 6.71. The number of fused-ring (bicyclic) bond motifs is 1. The molecular weight excluding hydrogens is 654 g/mol. The number of rotatable bonds is 7. The van der Waals surface area contributed by atoms with Crippen molar-refractivity contribution in [1.29, 1.82) is 0 Å². The van der Waals surface area contributed by atoms with Gasteiger partial charge in [-0.1, -0.05) is 48.5 Å². The van der Waals surface area contributed by atoms with Gasteiger partial charge in [0.15, 0.2) is 0 Å². The number of halogens is 6. The maximum atomic E-state index is 14.0. The lowest BCUT2D eigenvalue weighted by Gasteiger charge is -2.60. The second-order valence-electron chi connectivity index (χ2n) is 14.4. The monoisotopic (exact) mass is 686 g/mol. The Labute approximate surface area is 266 Å². The van der Waals surface area contributed by atoms with E-state index >= 15 is 0 Å². The van der Waals surface area contributed by atoms with E-state index in [9.17, 15) is 44.3 Å². The van der Waals surface area contributed by atoms with E-state index in [0.717, 1.165) is 22.3 Å². The maximum Gasteiger partial charge on any atom is 0.438 e. The molecule has 7 aliphatic rings. The molecule has 3 atom stereocenters. The summed E-state index contributed by atoms with van der Waals surface area (Å²) in [5, 5.41) is 0. The van der Waals surface area contributed by atoms with Gasteiger partial charge in [-0.2, -0.15) is 34.8 Å². The molecule has 254 valence electrons. The second kappa shape index (κ2) is 10.4. The number of benzene rings is 2. The summed E-state index contributed by atoms with van der Waals surface area (Å²) in [5.41, 5.74) is -3.69. The largest absolute Gasteiger partial charge is 0.465 e. The molecule has 0 radical (unpaired) electrons. The van der Waals surface area contributed by atoms with E-state index < -0.39 is 62.5 Å². The van der Waals surface area contributed by atoms with Gasteiger partial charge in [-0.15, -0.1) is 0 Å². The van der Waals surface area contributed by atoms with Gasteiger partial charge < -0.3 is 9.47 Å². The Hall–Kier alpha value is -3.13. The van der Waals surface area contributed by atoms with Gasteiger partial charge in [-0.3, -0.25) is 14.1 Å². The fourth-order valence-corrected chi connectivity index (χ4v) is 11.0. The highest BCUT2D eigenvalue weighted by molar-refractivity contribution is 7.85. The molecule has 9 rings (SSSR count). The molecule has 2 aromatic carbocycles. The van der Waals surface area contributed by atoms with Crippen LogP contribution in [0.15, 0.2) is 48.5 Å². The third-order valence-electron chi connectivity index (χ3n) is 11.3. The number of hydrogen-bond donors (Lipinski definition) is 1. The lowest BCUT2D eigenvalue weighted by atomic mass is 9.44. The zero-order valence-electron chi connectivity index (χ0n) is 24.9. The molecule has 0 heterocycles. The van der Waals surface area contributed by atoms with E-state index in [1.54, 1.807) is 0 Å². The van der Waals surface area contributed by atoms with Gasteiger partial charge in [-0.25, -0.2) is 0 Å². The van der Waals surface area contributed by atoms with E-state index in [1.165, 1.54) is 0 Å². The Bertz CT molecular complexity index is 1660. The summed E-state index contributed by atoms with van der Waals surface area (Å²) in [7, 11) is -5.91. The quantitative estimate of drug-likeness (QED) is 0.196. The minimum Gasteiger partial charge on any atom is -0.465 e. The zero-order valence-corrected chi connectivity index (χ0v) is 25.8. The highest BCUT2D eigenvalue weighted by Gasteiger charge is 2.77. The number of carbonyl (C=O) groups is 2. The minimum absolute atomic E-state index is 0.00666. The summed E-state index contributed by atoms with van der Waals surface area (Å²) in [6.45, 7) is -0.153. The van der Waals surface area contributed by atoms with Gasteiger partial charge in [-0.05, 0) is 79.0 Å². The lowest BCUT2D eigenvalue weighted by molar-refractivity contribution is -0.364. The van der Waals surface area contributed by atoms with Crippen molar-refractivity contribution in [2.75, 3.05) is 12.4 Å². The van der Waals surface area contributed by atoms with Gasteiger partial charge in [0.1, 0.15) is 5.75 Å². The van der Waals surface area contributed by atoms with Crippen LogP contribution in [0.2, 0.25) is 0 Å². The number of alkyl halides is 6. The topological polar surface area (TPSA) is 107 Å². The average molecular weight is 687 g/mol. The molecule has 1 N–H and O–H groups in total. The van der Waals surface area contributed by atoms with E-state index in [1.807, 2.05) is 36.4 Å². The number of ether oxygens (including phenoxy) is 2. The van der Waals surface area contributed by atoms with Crippen molar-refractivity contribution in [3.05, 3.63) is 70.8 Å². The first-order chi connectivity index (χ1) is 21.9. The first-order valence-electron chi connectivity index (χ1n) is 15.5. The van der Waals surface area contributed by atoms with Crippen molar-refractivity contribution < 1.29 is 58.4 Å². The molecule has 6 bridgehead atoms. The third kappa shape index (κ3) is 5.15. The summed E-state index contributed by atoms with van der Waals surface area (Å²) in [5.74, 6) is -6.39. The number of esters is 2. The molecule has 7 nitrogen and oxygen atoms in total. The molecule has 7 aliphatic carbocycles. The Morgan fingerprint density at radius 1 is 0.809 bits per heavy atom. The van der Waals surface area contributed by atoms with Crippen molar-refractivity contribution in [3.8, 4) is 0 Å². The van der Waals surface area contributed by atoms with Crippen LogP contribution in [0.5, 0.6) is 0 Å². The van der Waals surface area contributed by atoms with Crippen LogP contribution in [0.4, 0.5) is 26.3 Å². The molecule has 0 aliphatic heterocycles. The summed E-state index contributed by atoms with van der Waals surface area (Å²) in [6, 6.07) is 15.9. The normalized spacial score (nSPS) is 32.4. The van der Waals surface area contributed by atoms with Crippen LogP contribution in [-0.2, 0) is 29.2 Å².